The van der Waals surface area contributed by atoms with Crippen molar-refractivity contribution in [1.82, 2.24) is 19.1 Å². The van der Waals surface area contributed by atoms with Crippen LogP contribution in [0.15, 0.2) is 12.4 Å². The number of methoxy groups -OCH3 is 1. The third kappa shape index (κ3) is 3.57. The van der Waals surface area contributed by atoms with Crippen LogP contribution in [-0.2, 0) is 18.8 Å². The number of esters is 1. The van der Waals surface area contributed by atoms with Crippen LogP contribution in [0.1, 0.15) is 21.2 Å². The number of anilines is 2. The zero-order valence-corrected chi connectivity index (χ0v) is 12.7. The van der Waals surface area contributed by atoms with Gasteiger partial charge in [-0.15, -0.1) is 0 Å². The molecule has 0 saturated heterocycles. The highest BCUT2D eigenvalue weighted by Crippen LogP contribution is 2.12. The lowest BCUT2D eigenvalue weighted by atomic mass is 10.1. The van der Waals surface area contributed by atoms with Gasteiger partial charge >= 0.3 is 5.97 Å². The minimum Gasteiger partial charge on any atom is -0.463 e. The van der Waals surface area contributed by atoms with E-state index in [2.05, 4.69) is 25.3 Å². The molecule has 2 amide bonds. The summed E-state index contributed by atoms with van der Waals surface area (Å²) in [6, 6.07) is 0. The van der Waals surface area contributed by atoms with E-state index in [1.54, 1.807) is 14.1 Å². The molecule has 2 rings (SSSR count). The smallest absolute Gasteiger partial charge is 0.374 e. The summed E-state index contributed by atoms with van der Waals surface area (Å²) >= 11 is 0. The zero-order chi connectivity index (χ0) is 17.1. The van der Waals surface area contributed by atoms with E-state index in [0.29, 0.717) is 0 Å². The normalized spacial score (nSPS) is 10.2. The van der Waals surface area contributed by atoms with Crippen molar-refractivity contribution in [1.29, 1.82) is 0 Å². The molecule has 0 saturated carbocycles. The first-order chi connectivity index (χ1) is 10.8. The molecule has 23 heavy (non-hydrogen) atoms. The van der Waals surface area contributed by atoms with Crippen LogP contribution in [0, 0.1) is 0 Å². The first-order valence-electron chi connectivity index (χ1n) is 6.34. The second-order valence-corrected chi connectivity index (χ2v) is 4.56. The van der Waals surface area contributed by atoms with Crippen LogP contribution in [0.5, 0.6) is 0 Å². The Morgan fingerprint density at radius 3 is 2.13 bits per heavy atom. The maximum Gasteiger partial charge on any atom is 0.374 e. The lowest BCUT2D eigenvalue weighted by Gasteiger charge is -2.00. The predicted molar refractivity (Wildman–Crippen MR) is 80.5 cm³/mol. The Balaban J connectivity index is 2.18. The van der Waals surface area contributed by atoms with Crippen LogP contribution < -0.4 is 10.6 Å². The number of nitrogens with one attached hydrogen (secondary N) is 2. The molecule has 0 aliphatic rings. The molecule has 0 unspecified atom stereocenters. The number of aryl methyl sites for hydroxylation is 2. The molecule has 0 bridgehead atoms. The predicted octanol–water partition coefficient (Wildman–Crippen LogP) is -0.107. The first kappa shape index (κ1) is 16.3. The molecule has 0 atom stereocenters. The Bertz CT molecular complexity index is 781. The number of aromatic nitrogens is 4. The number of nitrogens with zero attached hydrogens (tertiary/aromatic N) is 4. The SMILES string of the molecule is [B]C(=O)Nc1cn(C)c(C(=O)Nc2cn(C)c(C(=O)OC)n2)n1. The summed E-state index contributed by atoms with van der Waals surface area (Å²) in [6.07, 6.45) is 2.88. The molecule has 0 aliphatic carbocycles. The number of hydrogen-bond donors (Lipinski definition) is 2. The third-order valence-electron chi connectivity index (χ3n) is 2.82. The number of carbonyl (C=O) groups is 3. The van der Waals surface area contributed by atoms with E-state index >= 15 is 0 Å². The van der Waals surface area contributed by atoms with E-state index < -0.39 is 17.7 Å². The largest absolute Gasteiger partial charge is 0.463 e. The van der Waals surface area contributed by atoms with Gasteiger partial charge in [-0.2, -0.15) is 0 Å². The molecule has 2 radical (unpaired) electrons. The van der Waals surface area contributed by atoms with Crippen molar-refractivity contribution in [2.75, 3.05) is 17.7 Å². The summed E-state index contributed by atoms with van der Waals surface area (Å²) in [4.78, 5) is 42.4. The van der Waals surface area contributed by atoms with Gasteiger partial charge in [-0.1, -0.05) is 0 Å². The number of ether oxygens (including phenoxy) is 1. The first-order valence-corrected chi connectivity index (χ1v) is 6.34. The van der Waals surface area contributed by atoms with Crippen LogP contribution >= 0.6 is 0 Å². The minimum atomic E-state index is -0.789. The Morgan fingerprint density at radius 1 is 1.04 bits per heavy atom. The van der Waals surface area contributed by atoms with Crippen molar-refractivity contribution in [3.05, 3.63) is 24.0 Å². The van der Waals surface area contributed by atoms with Crippen LogP contribution in [0.3, 0.4) is 0 Å². The van der Waals surface area contributed by atoms with Crippen LogP contribution in [-0.4, -0.2) is 51.7 Å². The molecule has 11 heteroatoms. The van der Waals surface area contributed by atoms with E-state index in [1.165, 1.54) is 28.6 Å². The van der Waals surface area contributed by atoms with E-state index in [-0.39, 0.29) is 23.3 Å². The molecule has 0 aromatic carbocycles. The second-order valence-electron chi connectivity index (χ2n) is 4.56. The number of amides is 2. The lowest BCUT2D eigenvalue weighted by molar-refractivity contribution is 0.0582. The maximum absolute atomic E-state index is 12.2. The molecule has 118 valence electrons. The highest BCUT2D eigenvalue weighted by atomic mass is 16.5. The van der Waals surface area contributed by atoms with Gasteiger partial charge in [0.25, 0.3) is 5.91 Å². The van der Waals surface area contributed by atoms with E-state index in [0.717, 1.165) is 0 Å². The van der Waals surface area contributed by atoms with E-state index in [1.807, 2.05) is 0 Å². The Morgan fingerprint density at radius 2 is 1.57 bits per heavy atom. The summed E-state index contributed by atoms with van der Waals surface area (Å²) in [5.41, 5.74) is 0. The van der Waals surface area contributed by atoms with E-state index in [9.17, 15) is 14.4 Å². The number of imidazole rings is 2. The highest BCUT2D eigenvalue weighted by molar-refractivity contribution is 6.60. The Labute approximate surface area is 132 Å². The summed E-state index contributed by atoms with van der Waals surface area (Å²) < 4.78 is 7.40. The molecular weight excluding hydrogens is 303 g/mol. The fraction of sp³-hybridized carbons (Fsp3) is 0.250. The molecule has 2 aromatic heterocycles. The van der Waals surface area contributed by atoms with E-state index in [4.69, 9.17) is 7.85 Å². The van der Waals surface area contributed by atoms with Gasteiger partial charge in [0.15, 0.2) is 17.4 Å². The lowest BCUT2D eigenvalue weighted by Crippen LogP contribution is -2.17. The molecule has 0 fully saturated rings. The minimum absolute atomic E-state index is 0.0269. The highest BCUT2D eigenvalue weighted by Gasteiger charge is 2.19. The van der Waals surface area contributed by atoms with Gasteiger partial charge in [0.1, 0.15) is 0 Å². The Kier molecular flexibility index (Phi) is 4.48. The molecule has 2 aromatic rings. The maximum atomic E-state index is 12.2. The number of carbonyl (C=O) groups excluding carboxylic acids is 3. The van der Waals surface area contributed by atoms with Gasteiger partial charge in [-0.05, 0) is 0 Å². The third-order valence-corrected chi connectivity index (χ3v) is 2.82. The van der Waals surface area contributed by atoms with Gasteiger partial charge in [0.2, 0.25) is 19.5 Å². The fourth-order valence-corrected chi connectivity index (χ4v) is 1.84. The van der Waals surface area contributed by atoms with Crippen molar-refractivity contribution in [3.8, 4) is 0 Å². The topological polar surface area (TPSA) is 120 Å². The summed E-state index contributed by atoms with van der Waals surface area (Å²) in [7, 11) is 9.38. The Hall–Kier alpha value is -3.11. The van der Waals surface area contributed by atoms with Crippen molar-refractivity contribution < 1.29 is 19.1 Å². The van der Waals surface area contributed by atoms with Gasteiger partial charge in [0, 0.05) is 26.5 Å². The van der Waals surface area contributed by atoms with Gasteiger partial charge in [0.05, 0.1) is 7.11 Å². The quantitative estimate of drug-likeness (QED) is 0.600. The molecule has 0 spiro atoms. The van der Waals surface area contributed by atoms with Crippen molar-refractivity contribution in [2.24, 2.45) is 14.1 Å². The van der Waals surface area contributed by atoms with Crippen LogP contribution in [0.25, 0.3) is 0 Å². The van der Waals surface area contributed by atoms with Crippen LogP contribution in [0.2, 0.25) is 0 Å². The van der Waals surface area contributed by atoms with Gasteiger partial charge in [-0.3, -0.25) is 9.59 Å². The summed E-state index contributed by atoms with van der Waals surface area (Å²) in [5.74, 6) is -1.62. The fourth-order valence-electron chi connectivity index (χ4n) is 1.84. The van der Waals surface area contributed by atoms with Crippen molar-refractivity contribution >= 4 is 37.2 Å². The molecule has 0 aliphatic heterocycles. The number of hydrogen-bond acceptors (Lipinski definition) is 6. The van der Waals surface area contributed by atoms with Crippen molar-refractivity contribution in [2.45, 2.75) is 0 Å². The summed E-state index contributed by atoms with van der Waals surface area (Å²) in [6.45, 7) is 0. The molecule has 2 N–H and O–H groups in total. The van der Waals surface area contributed by atoms with Gasteiger partial charge < -0.3 is 24.5 Å². The standard InChI is InChI=1S/C12H13BN6O4/c1-18-5-7(17-12(13)22)14-8(18)10(20)16-6-4-19(2)9(15-6)11(21)23-3/h4-5H,1-3H3,(H,16,20)(H,17,22). The average molecular weight is 316 g/mol. The molecule has 10 nitrogen and oxygen atoms in total. The number of rotatable bonds is 4. The second kappa shape index (κ2) is 6.34. The monoisotopic (exact) mass is 316 g/mol. The summed E-state index contributed by atoms with van der Waals surface area (Å²) in [5, 5.41) is 4.77. The average Bonchev–Trinajstić information content (AvgIpc) is 3.00. The van der Waals surface area contributed by atoms with Gasteiger partial charge in [-0.25, -0.2) is 14.8 Å². The van der Waals surface area contributed by atoms with Crippen molar-refractivity contribution in [3.63, 3.8) is 0 Å². The molecular formula is C12H13BN6O4. The van der Waals surface area contributed by atoms with Crippen LogP contribution in [0.4, 0.5) is 16.4 Å². The zero-order valence-electron chi connectivity index (χ0n) is 12.7. The molecule has 2 heterocycles.